The zero-order valence-corrected chi connectivity index (χ0v) is 18.6. The van der Waals surface area contributed by atoms with Crippen molar-refractivity contribution in [3.05, 3.63) is 71.6 Å². The lowest BCUT2D eigenvalue weighted by Crippen LogP contribution is -2.49. The summed E-state index contributed by atoms with van der Waals surface area (Å²) < 4.78 is 42.5. The number of hydrogen-bond acceptors (Lipinski definition) is 7. The Morgan fingerprint density at radius 3 is 2.60 bits per heavy atom. The summed E-state index contributed by atoms with van der Waals surface area (Å²) in [7, 11) is 0. The number of aromatic nitrogens is 3. The number of halogens is 3. The minimum absolute atomic E-state index is 0.0469. The first-order chi connectivity index (χ1) is 16.8. The number of amides is 1. The van der Waals surface area contributed by atoms with E-state index < -0.39 is 41.8 Å². The lowest BCUT2D eigenvalue weighted by Gasteiger charge is -2.44. The maximum Gasteiger partial charge on any atom is 0.251 e. The minimum Gasteiger partial charge on any atom is -0.394 e. The summed E-state index contributed by atoms with van der Waals surface area (Å²) in [6.07, 6.45) is -0.401. The van der Waals surface area contributed by atoms with E-state index in [1.165, 1.54) is 36.5 Å². The molecular formula is C24H24F3N5O3. The third-order valence-electron chi connectivity index (χ3n) is 5.97. The molecule has 11 heteroatoms. The Bertz CT molecular complexity index is 1190. The SMILES string of the molecule is O=C(NC[C@@H](O)CO)c1ccc(F)c(-c2ccc(NCC3(c4ncccc4F)CC(F)C3)nn2)c1. The van der Waals surface area contributed by atoms with Crippen LogP contribution in [0.15, 0.2) is 48.7 Å². The first kappa shape index (κ1) is 24.6. The molecule has 1 aliphatic rings. The maximum absolute atomic E-state index is 14.4. The van der Waals surface area contributed by atoms with Gasteiger partial charge in [0.15, 0.2) is 0 Å². The number of pyridine rings is 1. The van der Waals surface area contributed by atoms with E-state index in [1.54, 1.807) is 6.07 Å². The highest BCUT2D eigenvalue weighted by Crippen LogP contribution is 2.45. The van der Waals surface area contributed by atoms with Gasteiger partial charge >= 0.3 is 0 Å². The fourth-order valence-electron chi connectivity index (χ4n) is 4.06. The minimum atomic E-state index is -1.10. The van der Waals surface area contributed by atoms with Crippen molar-refractivity contribution in [3.63, 3.8) is 0 Å². The van der Waals surface area contributed by atoms with Crippen molar-refractivity contribution in [3.8, 4) is 11.3 Å². The number of rotatable bonds is 9. The summed E-state index contributed by atoms with van der Waals surface area (Å²) in [5.41, 5.74) is -0.236. The average Bonchev–Trinajstić information content (AvgIpc) is 2.85. The molecule has 0 radical (unpaired) electrons. The molecule has 35 heavy (non-hydrogen) atoms. The van der Waals surface area contributed by atoms with Gasteiger partial charge in [-0.2, -0.15) is 0 Å². The molecule has 1 fully saturated rings. The maximum atomic E-state index is 14.4. The number of nitrogens with zero attached hydrogens (tertiary/aromatic N) is 3. The fraction of sp³-hybridized carbons (Fsp3) is 0.333. The van der Waals surface area contributed by atoms with Gasteiger partial charge in [0.2, 0.25) is 0 Å². The van der Waals surface area contributed by atoms with Crippen LogP contribution in [0.5, 0.6) is 0 Å². The second kappa shape index (κ2) is 10.4. The van der Waals surface area contributed by atoms with E-state index in [0.29, 0.717) is 5.82 Å². The summed E-state index contributed by atoms with van der Waals surface area (Å²) in [6.45, 7) is -0.467. The number of aliphatic hydroxyl groups is 2. The van der Waals surface area contributed by atoms with Gasteiger partial charge in [0.25, 0.3) is 5.91 Å². The molecule has 8 nitrogen and oxygen atoms in total. The normalized spacial score (nSPS) is 20.1. The zero-order valence-electron chi connectivity index (χ0n) is 18.6. The number of nitrogens with one attached hydrogen (secondary N) is 2. The monoisotopic (exact) mass is 487 g/mol. The molecule has 0 bridgehead atoms. The van der Waals surface area contributed by atoms with Crippen molar-refractivity contribution >= 4 is 11.7 Å². The molecular weight excluding hydrogens is 463 g/mol. The summed E-state index contributed by atoms with van der Waals surface area (Å²) in [5.74, 6) is -1.32. The molecule has 1 saturated carbocycles. The molecule has 2 aromatic heterocycles. The number of alkyl halides is 1. The van der Waals surface area contributed by atoms with Gasteiger partial charge < -0.3 is 20.8 Å². The van der Waals surface area contributed by atoms with Crippen molar-refractivity contribution in [2.24, 2.45) is 0 Å². The number of hydrogen-bond donors (Lipinski definition) is 4. The summed E-state index contributed by atoms with van der Waals surface area (Å²) in [5, 5.41) is 31.8. The van der Waals surface area contributed by atoms with Crippen LogP contribution in [0, 0.1) is 11.6 Å². The first-order valence-corrected chi connectivity index (χ1v) is 11.0. The topological polar surface area (TPSA) is 120 Å². The van der Waals surface area contributed by atoms with Crippen LogP contribution in [0.3, 0.4) is 0 Å². The number of carbonyl (C=O) groups excluding carboxylic acids is 1. The van der Waals surface area contributed by atoms with E-state index in [4.69, 9.17) is 5.11 Å². The van der Waals surface area contributed by atoms with Crippen LogP contribution in [0.4, 0.5) is 19.0 Å². The van der Waals surface area contributed by atoms with Crippen LogP contribution in [-0.2, 0) is 5.41 Å². The standard InChI is InChI=1S/C24H24F3N5O3/c25-15-9-24(10-15,22-19(27)2-1-7-28-22)13-30-21-6-5-20(31-32-21)17-8-14(3-4-18(17)26)23(35)29-11-16(34)12-33/h1-8,15-16,33-34H,9-13H2,(H,29,35)(H,30,32)/t15?,16-,24?/m1/s1. The molecule has 4 rings (SSSR count). The quantitative estimate of drug-likeness (QED) is 0.366. The molecule has 2 heterocycles. The largest absolute Gasteiger partial charge is 0.394 e. The Balaban J connectivity index is 1.46. The van der Waals surface area contributed by atoms with Gasteiger partial charge in [-0.15, -0.1) is 10.2 Å². The third kappa shape index (κ3) is 5.41. The van der Waals surface area contributed by atoms with Gasteiger partial charge in [0, 0.05) is 35.8 Å². The Hall–Kier alpha value is -3.57. The molecule has 1 amide bonds. The fourth-order valence-corrected chi connectivity index (χ4v) is 4.06. The van der Waals surface area contributed by atoms with E-state index in [-0.39, 0.29) is 48.4 Å². The Morgan fingerprint density at radius 2 is 1.94 bits per heavy atom. The van der Waals surface area contributed by atoms with Gasteiger partial charge in [0.1, 0.15) is 23.6 Å². The Morgan fingerprint density at radius 1 is 1.14 bits per heavy atom. The lowest BCUT2D eigenvalue weighted by atomic mass is 9.65. The molecule has 1 atom stereocenters. The average molecular weight is 487 g/mol. The predicted octanol–water partition coefficient (Wildman–Crippen LogP) is 2.38. The van der Waals surface area contributed by atoms with Crippen LogP contribution < -0.4 is 10.6 Å². The van der Waals surface area contributed by atoms with E-state index in [0.717, 1.165) is 6.07 Å². The molecule has 0 spiro atoms. The molecule has 4 N–H and O–H groups in total. The van der Waals surface area contributed by atoms with E-state index in [1.807, 2.05) is 0 Å². The summed E-state index contributed by atoms with van der Waals surface area (Å²) in [4.78, 5) is 16.4. The highest BCUT2D eigenvalue weighted by molar-refractivity contribution is 5.95. The third-order valence-corrected chi connectivity index (χ3v) is 5.97. The molecule has 1 aliphatic carbocycles. The molecule has 184 valence electrons. The lowest BCUT2D eigenvalue weighted by molar-refractivity contribution is 0.0802. The van der Waals surface area contributed by atoms with Gasteiger partial charge in [-0.1, -0.05) is 0 Å². The van der Waals surface area contributed by atoms with Crippen LogP contribution in [0.25, 0.3) is 11.3 Å². The van der Waals surface area contributed by atoms with Crippen LogP contribution in [-0.4, -0.2) is 63.3 Å². The van der Waals surface area contributed by atoms with Crippen LogP contribution in [0.1, 0.15) is 28.9 Å². The van der Waals surface area contributed by atoms with Crippen molar-refractivity contribution < 1.29 is 28.2 Å². The van der Waals surface area contributed by atoms with Gasteiger partial charge in [-0.3, -0.25) is 9.78 Å². The van der Waals surface area contributed by atoms with Crippen LogP contribution >= 0.6 is 0 Å². The van der Waals surface area contributed by atoms with E-state index in [2.05, 4.69) is 25.8 Å². The number of benzene rings is 1. The first-order valence-electron chi connectivity index (χ1n) is 11.0. The smallest absolute Gasteiger partial charge is 0.251 e. The second-order valence-electron chi connectivity index (χ2n) is 8.52. The highest BCUT2D eigenvalue weighted by atomic mass is 19.1. The molecule has 1 aromatic carbocycles. The second-order valence-corrected chi connectivity index (χ2v) is 8.52. The van der Waals surface area contributed by atoms with Crippen molar-refractivity contribution in [2.45, 2.75) is 30.5 Å². The zero-order chi connectivity index (χ0) is 25.0. The van der Waals surface area contributed by atoms with Gasteiger partial charge in [-0.05, 0) is 55.3 Å². The van der Waals surface area contributed by atoms with Gasteiger partial charge in [0.05, 0.1) is 24.1 Å². The Kier molecular flexibility index (Phi) is 7.27. The number of aliphatic hydroxyl groups excluding tert-OH is 2. The van der Waals surface area contributed by atoms with Crippen LogP contribution in [0.2, 0.25) is 0 Å². The molecule has 3 aromatic rings. The number of anilines is 1. The van der Waals surface area contributed by atoms with Gasteiger partial charge in [-0.25, -0.2) is 13.2 Å². The molecule has 0 saturated heterocycles. The van der Waals surface area contributed by atoms with E-state index in [9.17, 15) is 23.1 Å². The van der Waals surface area contributed by atoms with E-state index >= 15 is 0 Å². The predicted molar refractivity (Wildman–Crippen MR) is 121 cm³/mol. The molecule has 0 unspecified atom stereocenters. The number of carbonyl (C=O) groups is 1. The van der Waals surface area contributed by atoms with Crippen molar-refractivity contribution in [2.75, 3.05) is 25.0 Å². The molecule has 0 aliphatic heterocycles. The summed E-state index contributed by atoms with van der Waals surface area (Å²) >= 11 is 0. The summed E-state index contributed by atoms with van der Waals surface area (Å²) in [6, 6.07) is 9.55. The van der Waals surface area contributed by atoms with Crippen molar-refractivity contribution in [1.29, 1.82) is 0 Å². The highest BCUT2D eigenvalue weighted by Gasteiger charge is 2.48. The van der Waals surface area contributed by atoms with Crippen molar-refractivity contribution in [1.82, 2.24) is 20.5 Å². The Labute approximate surface area is 199 Å².